The van der Waals surface area contributed by atoms with Crippen LogP contribution >= 0.6 is 0 Å². The van der Waals surface area contributed by atoms with Crippen molar-refractivity contribution in [1.82, 2.24) is 9.66 Å². The van der Waals surface area contributed by atoms with Crippen LogP contribution in [0.3, 0.4) is 0 Å². The number of phenols is 1. The largest absolute Gasteiger partial charge is 0.508 e. The lowest BCUT2D eigenvalue weighted by Gasteiger charge is -2.29. The maximum absolute atomic E-state index is 10.1. The molecule has 1 aliphatic heterocycles. The number of hydrogen-bond acceptors (Lipinski definition) is 5. The van der Waals surface area contributed by atoms with E-state index in [9.17, 15) is 5.11 Å². The molecule has 6 nitrogen and oxygen atoms in total. The fourth-order valence-electron chi connectivity index (χ4n) is 3.86. The topological polar surface area (TPSA) is 97.2 Å². The first-order valence-corrected chi connectivity index (χ1v) is 8.94. The fraction of sp³-hybridized carbons (Fsp3) is 0.0909. The first kappa shape index (κ1) is 16.4. The molecule has 0 aliphatic carbocycles. The van der Waals surface area contributed by atoms with Gasteiger partial charge in [-0.25, -0.2) is 9.66 Å². The summed E-state index contributed by atoms with van der Waals surface area (Å²) >= 11 is 0. The quantitative estimate of drug-likeness (QED) is 0.393. The minimum absolute atomic E-state index is 0.137. The highest BCUT2D eigenvalue weighted by atomic mass is 16.5. The Hall–Kier alpha value is -3.80. The lowest BCUT2D eigenvalue weighted by Crippen LogP contribution is -2.33. The molecule has 0 spiro atoms. The predicted molar refractivity (Wildman–Crippen MR) is 106 cm³/mol. The second-order valence-corrected chi connectivity index (χ2v) is 7.05. The average Bonchev–Trinajstić information content (AvgIpc) is 2.70. The Morgan fingerprint density at radius 2 is 1.82 bits per heavy atom. The zero-order valence-corrected chi connectivity index (χ0v) is 15.2. The van der Waals surface area contributed by atoms with Gasteiger partial charge in [-0.2, -0.15) is 0 Å². The predicted octanol–water partition coefficient (Wildman–Crippen LogP) is 3.53. The van der Waals surface area contributed by atoms with E-state index < -0.39 is 0 Å². The van der Waals surface area contributed by atoms with Crippen LogP contribution < -0.4 is 16.1 Å². The number of benzene rings is 3. The number of phenolic OH excluding ortho intramolecular Hbond substituents is 1. The number of nitrogens with two attached hydrogens (primary N) is 1. The van der Waals surface area contributed by atoms with E-state index in [0.29, 0.717) is 17.2 Å². The van der Waals surface area contributed by atoms with Gasteiger partial charge >= 0.3 is 0 Å². The Morgan fingerprint density at radius 3 is 2.61 bits per heavy atom. The van der Waals surface area contributed by atoms with Crippen LogP contribution in [-0.2, 0) is 0 Å². The van der Waals surface area contributed by atoms with E-state index >= 15 is 0 Å². The van der Waals surface area contributed by atoms with Gasteiger partial charge in [0.25, 0.3) is 0 Å². The van der Waals surface area contributed by atoms with E-state index in [4.69, 9.17) is 16.0 Å². The molecule has 0 saturated heterocycles. The van der Waals surface area contributed by atoms with Crippen molar-refractivity contribution < 1.29 is 9.84 Å². The lowest BCUT2D eigenvalue weighted by atomic mass is 9.81. The van der Waals surface area contributed by atoms with Crippen LogP contribution in [0.2, 0.25) is 0 Å². The number of fused-ring (bicyclic) bond motifs is 4. The molecule has 3 aromatic carbocycles. The minimum atomic E-state index is -0.291. The van der Waals surface area contributed by atoms with Gasteiger partial charge in [-0.05, 0) is 41.5 Å². The third-order valence-electron chi connectivity index (χ3n) is 5.24. The summed E-state index contributed by atoms with van der Waals surface area (Å²) in [7, 11) is 0. The highest BCUT2D eigenvalue weighted by Gasteiger charge is 2.33. The van der Waals surface area contributed by atoms with E-state index in [1.54, 1.807) is 12.1 Å². The summed E-state index contributed by atoms with van der Waals surface area (Å²) in [4.78, 5) is 4.32. The number of nitrogens with one attached hydrogen (secondary N) is 1. The van der Waals surface area contributed by atoms with Crippen LogP contribution in [0, 0.1) is 12.3 Å². The van der Waals surface area contributed by atoms with Gasteiger partial charge in [-0.1, -0.05) is 42.0 Å². The average molecular weight is 370 g/mol. The number of ether oxygens (including phenoxy) is 1. The van der Waals surface area contributed by atoms with Crippen LogP contribution in [0.5, 0.6) is 17.4 Å². The Kier molecular flexibility index (Phi) is 3.42. The first-order valence-electron chi connectivity index (χ1n) is 8.94. The van der Waals surface area contributed by atoms with Gasteiger partial charge in [0, 0.05) is 11.5 Å². The summed E-state index contributed by atoms with van der Waals surface area (Å²) in [6.07, 6.45) is 1.38. The highest BCUT2D eigenvalue weighted by Crippen LogP contribution is 2.48. The number of nitrogens with zero attached hydrogens (tertiary/aromatic N) is 2. The van der Waals surface area contributed by atoms with Crippen LogP contribution in [-0.4, -0.2) is 14.8 Å². The van der Waals surface area contributed by atoms with Crippen molar-refractivity contribution >= 4 is 10.8 Å². The van der Waals surface area contributed by atoms with Gasteiger partial charge in [-0.15, -0.1) is 0 Å². The van der Waals surface area contributed by atoms with Gasteiger partial charge in [0.1, 0.15) is 17.8 Å². The molecule has 1 aliphatic rings. The zero-order valence-electron chi connectivity index (χ0n) is 15.2. The number of rotatable bonds is 1. The van der Waals surface area contributed by atoms with E-state index in [1.807, 2.05) is 49.4 Å². The smallest absolute Gasteiger partial charge is 0.228 e. The number of hydrogen-bond donors (Lipinski definition) is 3. The highest BCUT2D eigenvalue weighted by molar-refractivity contribution is 5.91. The number of aromatic hydroxyl groups is 1. The summed E-state index contributed by atoms with van der Waals surface area (Å²) in [6, 6.07) is 17.3. The summed E-state index contributed by atoms with van der Waals surface area (Å²) in [5.74, 6) is 6.87. The van der Waals surface area contributed by atoms with E-state index in [1.165, 1.54) is 11.0 Å². The number of nitrogen functional groups attached to an aromatic ring is 1. The maximum atomic E-state index is 10.1. The second kappa shape index (κ2) is 5.85. The number of aryl methyl sites for hydroxylation is 1. The van der Waals surface area contributed by atoms with Crippen molar-refractivity contribution in [2.45, 2.75) is 12.8 Å². The van der Waals surface area contributed by atoms with Crippen molar-refractivity contribution in [2.24, 2.45) is 0 Å². The van der Waals surface area contributed by atoms with E-state index in [-0.39, 0.29) is 17.2 Å². The van der Waals surface area contributed by atoms with Gasteiger partial charge in [0.2, 0.25) is 5.88 Å². The van der Waals surface area contributed by atoms with Crippen molar-refractivity contribution in [3.05, 3.63) is 88.7 Å². The molecule has 2 heterocycles. The Labute approximate surface area is 161 Å². The molecule has 0 saturated carbocycles. The molecule has 28 heavy (non-hydrogen) atoms. The van der Waals surface area contributed by atoms with Gasteiger partial charge in [0.15, 0.2) is 5.49 Å². The molecule has 0 amide bonds. The molecular weight excluding hydrogens is 352 g/mol. The van der Waals surface area contributed by atoms with Gasteiger partial charge < -0.3 is 15.7 Å². The Bertz CT molecular complexity index is 1290. The molecule has 0 fully saturated rings. The molecule has 1 aromatic heterocycles. The van der Waals surface area contributed by atoms with Gasteiger partial charge in [-0.3, -0.25) is 5.41 Å². The van der Waals surface area contributed by atoms with Crippen LogP contribution in [0.1, 0.15) is 28.2 Å². The molecule has 0 bridgehead atoms. The van der Waals surface area contributed by atoms with Crippen LogP contribution in [0.25, 0.3) is 10.8 Å². The van der Waals surface area contributed by atoms with Crippen molar-refractivity contribution in [1.29, 1.82) is 5.41 Å². The first-order chi connectivity index (χ1) is 13.5. The third kappa shape index (κ3) is 2.35. The zero-order chi connectivity index (χ0) is 19.4. The van der Waals surface area contributed by atoms with E-state index in [0.717, 1.165) is 27.5 Å². The molecule has 138 valence electrons. The normalized spacial score (nSPS) is 15.0. The van der Waals surface area contributed by atoms with Crippen molar-refractivity contribution in [2.75, 3.05) is 5.84 Å². The minimum Gasteiger partial charge on any atom is -0.508 e. The molecular formula is C22H18N4O2. The van der Waals surface area contributed by atoms with E-state index in [2.05, 4.69) is 4.98 Å². The Balaban J connectivity index is 1.90. The molecule has 4 aromatic rings. The van der Waals surface area contributed by atoms with Crippen LogP contribution in [0.15, 0.2) is 60.9 Å². The summed E-state index contributed by atoms with van der Waals surface area (Å²) < 4.78 is 7.25. The van der Waals surface area contributed by atoms with Crippen molar-refractivity contribution in [3.8, 4) is 17.4 Å². The summed E-state index contributed by atoms with van der Waals surface area (Å²) in [5.41, 5.74) is 3.80. The maximum Gasteiger partial charge on any atom is 0.228 e. The standard InChI is InChI=1S/C22H18N4O2/c1-12-2-4-14(5-3-12)18-19-16-10-15(27)8-6-13(16)7-9-17(19)28-22-20(18)21(23)26(24)11-25-22/h2-11,18,23,27H,24H2,1H3. The molecule has 5 rings (SSSR count). The SMILES string of the molecule is Cc1ccc(C2c3c(ncn(N)c3=N)Oc3ccc4ccc(O)cc4c32)cc1. The van der Waals surface area contributed by atoms with Gasteiger partial charge in [0.05, 0.1) is 5.56 Å². The van der Waals surface area contributed by atoms with Crippen molar-refractivity contribution in [3.63, 3.8) is 0 Å². The molecule has 6 heteroatoms. The second-order valence-electron chi connectivity index (χ2n) is 7.05. The molecule has 1 unspecified atom stereocenters. The third-order valence-corrected chi connectivity index (χ3v) is 5.24. The number of aromatic nitrogens is 2. The molecule has 0 radical (unpaired) electrons. The van der Waals surface area contributed by atoms with Crippen LogP contribution in [0.4, 0.5) is 0 Å². The lowest BCUT2D eigenvalue weighted by molar-refractivity contribution is 0.427. The fourth-order valence-corrected chi connectivity index (χ4v) is 3.86. The summed E-state index contributed by atoms with van der Waals surface area (Å²) in [6.45, 7) is 2.04. The Morgan fingerprint density at radius 1 is 1.07 bits per heavy atom. The molecule has 1 atom stereocenters. The molecule has 4 N–H and O–H groups in total. The summed E-state index contributed by atoms with van der Waals surface area (Å²) in [5, 5.41) is 20.5. The monoisotopic (exact) mass is 370 g/mol.